The zero-order valence-corrected chi connectivity index (χ0v) is 21.6. The topological polar surface area (TPSA) is 121 Å². The number of fused-ring (bicyclic) bond motifs is 1. The Hall–Kier alpha value is -4.67. The molecule has 0 spiro atoms. The number of esters is 1. The Kier molecular flexibility index (Phi) is 7.31. The van der Waals surface area contributed by atoms with Gasteiger partial charge in [-0.05, 0) is 36.6 Å². The van der Waals surface area contributed by atoms with Crippen LogP contribution in [0, 0.1) is 5.82 Å². The van der Waals surface area contributed by atoms with Gasteiger partial charge in [-0.3, -0.25) is 9.59 Å². The summed E-state index contributed by atoms with van der Waals surface area (Å²) in [5.41, 5.74) is 1.36. The van der Waals surface area contributed by atoms with Crippen molar-refractivity contribution in [3.05, 3.63) is 93.4 Å². The van der Waals surface area contributed by atoms with E-state index >= 15 is 0 Å². The minimum absolute atomic E-state index is 0.00904. The number of carbonyl (C=O) groups is 2. The molecule has 1 amide bonds. The highest BCUT2D eigenvalue weighted by Gasteiger charge is 2.28. The maximum atomic E-state index is 14.8. The Labute approximate surface area is 223 Å². The van der Waals surface area contributed by atoms with Gasteiger partial charge in [-0.1, -0.05) is 24.3 Å². The predicted octanol–water partition coefficient (Wildman–Crippen LogP) is 2.97. The van der Waals surface area contributed by atoms with Crippen LogP contribution in [0.3, 0.4) is 0 Å². The molecule has 5 rings (SSSR count). The first-order valence-corrected chi connectivity index (χ1v) is 12.5. The Morgan fingerprint density at radius 1 is 1.10 bits per heavy atom. The number of aromatic nitrogens is 4. The number of rotatable bonds is 6. The maximum Gasteiger partial charge on any atom is 0.341 e. The summed E-state index contributed by atoms with van der Waals surface area (Å²) in [4.78, 5) is 49.1. The molecule has 11 heteroatoms. The number of benzene rings is 2. The van der Waals surface area contributed by atoms with Crippen molar-refractivity contribution in [2.24, 2.45) is 0 Å². The number of ether oxygens (including phenoxy) is 1. The summed E-state index contributed by atoms with van der Waals surface area (Å²) >= 11 is 0. The van der Waals surface area contributed by atoms with E-state index in [0.717, 1.165) is 0 Å². The van der Waals surface area contributed by atoms with E-state index in [2.05, 4.69) is 24.9 Å². The van der Waals surface area contributed by atoms with Crippen molar-refractivity contribution in [3.63, 3.8) is 0 Å². The number of nitrogens with zero attached hydrogens (tertiary/aromatic N) is 5. The number of amides is 1. The van der Waals surface area contributed by atoms with Gasteiger partial charge in [0, 0.05) is 50.4 Å². The van der Waals surface area contributed by atoms with E-state index in [4.69, 9.17) is 0 Å². The lowest BCUT2D eigenvalue weighted by Crippen LogP contribution is -2.46. The fourth-order valence-electron chi connectivity index (χ4n) is 4.86. The van der Waals surface area contributed by atoms with Crippen LogP contribution in [0.25, 0.3) is 10.8 Å². The van der Waals surface area contributed by atoms with Gasteiger partial charge in [0.25, 0.3) is 11.5 Å². The number of hydrogen-bond acceptors (Lipinski definition) is 8. The molecule has 10 nitrogen and oxygen atoms in total. The molecule has 2 aromatic heterocycles. The number of H-pyrrole nitrogens is 1. The largest absolute Gasteiger partial charge is 0.465 e. The molecule has 0 bridgehead atoms. The molecule has 0 radical (unpaired) electrons. The van der Waals surface area contributed by atoms with Crippen LogP contribution in [-0.4, -0.2) is 70.2 Å². The Morgan fingerprint density at radius 2 is 1.79 bits per heavy atom. The van der Waals surface area contributed by atoms with Crippen molar-refractivity contribution < 1.29 is 18.7 Å². The van der Waals surface area contributed by atoms with Crippen molar-refractivity contribution in [1.29, 1.82) is 0 Å². The number of piperidine rings is 1. The van der Waals surface area contributed by atoms with Crippen molar-refractivity contribution in [3.8, 4) is 0 Å². The second kappa shape index (κ2) is 11.0. The molecule has 0 atom stereocenters. The molecule has 1 fully saturated rings. The molecule has 1 saturated heterocycles. The van der Waals surface area contributed by atoms with Crippen LogP contribution < -0.4 is 10.5 Å². The Morgan fingerprint density at radius 3 is 2.49 bits per heavy atom. The summed E-state index contributed by atoms with van der Waals surface area (Å²) < 4.78 is 19.5. The SMILES string of the molecule is COC(=O)c1cnc(N(C)C2CCN(C(=O)c3cc(Cc4n[nH]c(=O)c5ccccc45)ccc3F)CC2)nc1. The third kappa shape index (κ3) is 5.33. The van der Waals surface area contributed by atoms with Crippen molar-refractivity contribution >= 4 is 28.6 Å². The van der Waals surface area contributed by atoms with Gasteiger partial charge in [-0.25, -0.2) is 24.3 Å². The van der Waals surface area contributed by atoms with Gasteiger partial charge in [-0.15, -0.1) is 0 Å². The second-order valence-electron chi connectivity index (χ2n) is 9.43. The van der Waals surface area contributed by atoms with Crippen LogP contribution in [0.4, 0.5) is 10.3 Å². The average Bonchev–Trinajstić information content (AvgIpc) is 2.98. The standard InChI is InChI=1S/C28H27FN6O4/c1-34(28-30-15-18(16-31-28)27(38)39-2)19-9-11-35(12-10-19)26(37)22-13-17(7-8-23(22)29)14-24-20-5-3-4-6-21(20)25(36)33-32-24/h3-8,13,15-16,19H,9-12,14H2,1-2H3,(H,33,36). The molecule has 1 aliphatic heterocycles. The summed E-state index contributed by atoms with van der Waals surface area (Å²) in [5.74, 6) is -0.986. The molecule has 0 unspecified atom stereocenters. The van der Waals surface area contributed by atoms with Crippen molar-refractivity contribution in [1.82, 2.24) is 25.1 Å². The van der Waals surface area contributed by atoms with Crippen LogP contribution in [0.1, 0.15) is 44.8 Å². The van der Waals surface area contributed by atoms with Crippen LogP contribution in [0.5, 0.6) is 0 Å². The number of anilines is 1. The molecule has 0 saturated carbocycles. The Balaban J connectivity index is 1.26. The third-order valence-corrected chi connectivity index (χ3v) is 7.08. The van der Waals surface area contributed by atoms with E-state index in [0.29, 0.717) is 60.3 Å². The summed E-state index contributed by atoms with van der Waals surface area (Å²) in [5, 5.41) is 7.94. The smallest absolute Gasteiger partial charge is 0.341 e. The van der Waals surface area contributed by atoms with E-state index in [-0.39, 0.29) is 28.6 Å². The van der Waals surface area contributed by atoms with Gasteiger partial charge >= 0.3 is 5.97 Å². The highest BCUT2D eigenvalue weighted by molar-refractivity contribution is 5.95. The molecule has 200 valence electrons. The molecule has 1 aliphatic rings. The number of methoxy groups -OCH3 is 1. The lowest BCUT2D eigenvalue weighted by molar-refractivity contribution is 0.0599. The minimum atomic E-state index is -0.582. The van der Waals surface area contributed by atoms with E-state index in [9.17, 15) is 18.8 Å². The first-order chi connectivity index (χ1) is 18.9. The summed E-state index contributed by atoms with van der Waals surface area (Å²) in [6, 6.07) is 11.7. The summed E-state index contributed by atoms with van der Waals surface area (Å²) in [6.45, 7) is 0.897. The molecule has 4 aromatic rings. The number of likely N-dealkylation sites (tertiary alicyclic amines) is 1. The van der Waals surface area contributed by atoms with Gasteiger partial charge in [0.2, 0.25) is 5.95 Å². The van der Waals surface area contributed by atoms with E-state index in [1.807, 2.05) is 24.1 Å². The number of halogens is 1. The fraction of sp³-hybridized carbons (Fsp3) is 0.286. The lowest BCUT2D eigenvalue weighted by atomic mass is 10.00. The zero-order valence-electron chi connectivity index (χ0n) is 21.6. The van der Waals surface area contributed by atoms with E-state index in [1.165, 1.54) is 25.6 Å². The maximum absolute atomic E-state index is 14.8. The number of aromatic amines is 1. The zero-order chi connectivity index (χ0) is 27.5. The van der Waals surface area contributed by atoms with Gasteiger partial charge < -0.3 is 14.5 Å². The third-order valence-electron chi connectivity index (χ3n) is 7.08. The van der Waals surface area contributed by atoms with E-state index < -0.39 is 11.8 Å². The van der Waals surface area contributed by atoms with E-state index in [1.54, 1.807) is 29.2 Å². The van der Waals surface area contributed by atoms with Gasteiger partial charge in [0.15, 0.2) is 0 Å². The predicted molar refractivity (Wildman–Crippen MR) is 142 cm³/mol. The molecule has 0 aliphatic carbocycles. The molecular weight excluding hydrogens is 503 g/mol. The molecule has 1 N–H and O–H groups in total. The van der Waals surface area contributed by atoms with Gasteiger partial charge in [0.05, 0.1) is 29.3 Å². The number of nitrogens with one attached hydrogen (secondary N) is 1. The monoisotopic (exact) mass is 530 g/mol. The first-order valence-electron chi connectivity index (χ1n) is 12.5. The number of hydrogen-bond donors (Lipinski definition) is 1. The van der Waals surface area contributed by atoms with Crippen molar-refractivity contribution in [2.75, 3.05) is 32.1 Å². The number of carbonyl (C=O) groups excluding carboxylic acids is 2. The van der Waals surface area contributed by atoms with Crippen molar-refractivity contribution in [2.45, 2.75) is 25.3 Å². The van der Waals surface area contributed by atoms with Crippen LogP contribution in [0.2, 0.25) is 0 Å². The Bertz CT molecular complexity index is 1580. The molecule has 39 heavy (non-hydrogen) atoms. The molecule has 3 heterocycles. The highest BCUT2D eigenvalue weighted by Crippen LogP contribution is 2.23. The second-order valence-corrected chi connectivity index (χ2v) is 9.43. The fourth-order valence-corrected chi connectivity index (χ4v) is 4.86. The van der Waals surface area contributed by atoms with Crippen LogP contribution in [0.15, 0.2) is 59.7 Å². The van der Waals surface area contributed by atoms with Gasteiger partial charge in [-0.2, -0.15) is 5.10 Å². The molecule has 2 aromatic carbocycles. The first kappa shape index (κ1) is 26.0. The van der Waals surface area contributed by atoms with Gasteiger partial charge in [0.1, 0.15) is 5.82 Å². The summed E-state index contributed by atoms with van der Waals surface area (Å²) in [6.07, 6.45) is 4.48. The minimum Gasteiger partial charge on any atom is -0.465 e. The quantitative estimate of drug-likeness (QED) is 0.378. The molecular formula is C28H27FN6O4. The van der Waals surface area contributed by atoms with Crippen LogP contribution >= 0.6 is 0 Å². The lowest BCUT2D eigenvalue weighted by Gasteiger charge is -2.36. The normalized spacial score (nSPS) is 13.9. The summed E-state index contributed by atoms with van der Waals surface area (Å²) in [7, 11) is 3.16. The average molecular weight is 531 g/mol. The van der Waals surface area contributed by atoms with Crippen LogP contribution in [-0.2, 0) is 11.2 Å². The highest BCUT2D eigenvalue weighted by atomic mass is 19.1.